The molecule has 0 spiro atoms. The number of rotatable bonds is 8. The first-order valence-corrected chi connectivity index (χ1v) is 11.9. The molecule has 1 aliphatic rings. The third-order valence-corrected chi connectivity index (χ3v) is 7.39. The minimum atomic E-state index is -3.69. The molecule has 1 aliphatic carbocycles. The number of hydrogen-bond acceptors (Lipinski definition) is 4. The second kappa shape index (κ2) is 9.08. The summed E-state index contributed by atoms with van der Waals surface area (Å²) in [6.07, 6.45) is 5.90. The first-order valence-electron chi connectivity index (χ1n) is 10.4. The van der Waals surface area contributed by atoms with Crippen LogP contribution in [0.15, 0.2) is 82.3 Å². The number of carbonyl (C=O) groups excluding carboxylic acids is 1. The zero-order valence-electron chi connectivity index (χ0n) is 17.2. The van der Waals surface area contributed by atoms with Crippen LogP contribution in [0.2, 0.25) is 0 Å². The smallest absolute Gasteiger partial charge is 0.251 e. The molecule has 2 aromatic carbocycles. The van der Waals surface area contributed by atoms with E-state index in [2.05, 4.69) is 22.2 Å². The molecule has 0 saturated heterocycles. The molecule has 31 heavy (non-hydrogen) atoms. The van der Waals surface area contributed by atoms with E-state index in [1.807, 2.05) is 18.2 Å². The van der Waals surface area contributed by atoms with Gasteiger partial charge in [-0.2, -0.15) is 0 Å². The van der Waals surface area contributed by atoms with E-state index in [1.165, 1.54) is 24.0 Å². The van der Waals surface area contributed by atoms with Crippen molar-refractivity contribution in [1.29, 1.82) is 0 Å². The highest BCUT2D eigenvalue weighted by Crippen LogP contribution is 2.40. The molecule has 1 saturated carbocycles. The van der Waals surface area contributed by atoms with Crippen LogP contribution in [-0.2, 0) is 22.0 Å². The lowest BCUT2D eigenvalue weighted by molar-refractivity contribution is 0.0943. The Morgan fingerprint density at radius 3 is 2.29 bits per heavy atom. The van der Waals surface area contributed by atoms with Crippen LogP contribution in [0, 0.1) is 0 Å². The highest BCUT2D eigenvalue weighted by Gasteiger charge is 2.35. The standard InChI is InChI=1S/C24H26N2O4S/c27-23(25-18-24(14-4-5-15-24)20-7-2-1-3-8-20)19-10-12-22(13-11-19)31(28,29)26-17-21-9-6-16-30-21/h1-3,6-13,16,26H,4-5,14-15,17-18H2,(H,25,27). The molecule has 7 heteroatoms. The van der Waals surface area contributed by atoms with Crippen LogP contribution >= 0.6 is 0 Å². The highest BCUT2D eigenvalue weighted by molar-refractivity contribution is 7.89. The third-order valence-electron chi connectivity index (χ3n) is 5.98. The molecule has 3 aromatic rings. The van der Waals surface area contributed by atoms with E-state index in [0.717, 1.165) is 25.7 Å². The van der Waals surface area contributed by atoms with Crippen LogP contribution in [0.4, 0.5) is 0 Å². The van der Waals surface area contributed by atoms with Gasteiger partial charge in [0.25, 0.3) is 5.91 Å². The molecule has 0 unspecified atom stereocenters. The molecule has 2 N–H and O–H groups in total. The summed E-state index contributed by atoms with van der Waals surface area (Å²) in [5.74, 6) is 0.327. The minimum Gasteiger partial charge on any atom is -0.468 e. The van der Waals surface area contributed by atoms with E-state index >= 15 is 0 Å². The molecule has 4 rings (SSSR count). The normalized spacial score (nSPS) is 15.6. The van der Waals surface area contributed by atoms with Gasteiger partial charge in [-0.3, -0.25) is 4.79 Å². The van der Waals surface area contributed by atoms with Gasteiger partial charge in [0, 0.05) is 17.5 Å². The Labute approximate surface area is 182 Å². The Kier molecular flexibility index (Phi) is 6.25. The molecule has 0 bridgehead atoms. The van der Waals surface area contributed by atoms with E-state index in [0.29, 0.717) is 17.9 Å². The fraction of sp³-hybridized carbons (Fsp3) is 0.292. The van der Waals surface area contributed by atoms with Crippen molar-refractivity contribution in [1.82, 2.24) is 10.0 Å². The molecule has 1 heterocycles. The van der Waals surface area contributed by atoms with Crippen molar-refractivity contribution in [2.45, 2.75) is 42.5 Å². The number of sulfonamides is 1. The van der Waals surface area contributed by atoms with Gasteiger partial charge >= 0.3 is 0 Å². The maximum atomic E-state index is 12.7. The second-order valence-corrected chi connectivity index (χ2v) is 9.73. The molecule has 1 amide bonds. The van der Waals surface area contributed by atoms with E-state index in [1.54, 1.807) is 24.3 Å². The molecule has 1 aromatic heterocycles. The van der Waals surface area contributed by atoms with Gasteiger partial charge in [0.05, 0.1) is 17.7 Å². The van der Waals surface area contributed by atoms with Gasteiger partial charge in [-0.25, -0.2) is 13.1 Å². The zero-order valence-corrected chi connectivity index (χ0v) is 18.0. The number of hydrogen-bond donors (Lipinski definition) is 2. The van der Waals surface area contributed by atoms with Gasteiger partial charge in [-0.1, -0.05) is 43.2 Å². The summed E-state index contributed by atoms with van der Waals surface area (Å²) >= 11 is 0. The average molecular weight is 439 g/mol. The Bertz CT molecular complexity index is 1100. The fourth-order valence-electron chi connectivity index (χ4n) is 4.21. The Morgan fingerprint density at radius 2 is 1.65 bits per heavy atom. The first-order chi connectivity index (χ1) is 15.0. The maximum absolute atomic E-state index is 12.7. The molecule has 6 nitrogen and oxygen atoms in total. The van der Waals surface area contributed by atoms with Crippen molar-refractivity contribution in [2.75, 3.05) is 6.54 Å². The summed E-state index contributed by atoms with van der Waals surface area (Å²) in [5.41, 5.74) is 1.67. The number of amides is 1. The lowest BCUT2D eigenvalue weighted by Crippen LogP contribution is -2.39. The van der Waals surface area contributed by atoms with Crippen LogP contribution in [-0.4, -0.2) is 20.9 Å². The number of nitrogens with one attached hydrogen (secondary N) is 2. The Morgan fingerprint density at radius 1 is 0.935 bits per heavy atom. The van der Waals surface area contributed by atoms with E-state index in [9.17, 15) is 13.2 Å². The molecule has 0 aliphatic heterocycles. The molecule has 0 radical (unpaired) electrons. The summed E-state index contributed by atoms with van der Waals surface area (Å²) in [6, 6.07) is 19.7. The quantitative estimate of drug-likeness (QED) is 0.556. The van der Waals surface area contributed by atoms with Gasteiger partial charge in [-0.05, 0) is 54.8 Å². The lowest BCUT2D eigenvalue weighted by Gasteiger charge is -2.30. The maximum Gasteiger partial charge on any atom is 0.251 e. The van der Waals surface area contributed by atoms with E-state index < -0.39 is 10.0 Å². The van der Waals surface area contributed by atoms with Crippen molar-refractivity contribution >= 4 is 15.9 Å². The zero-order chi connectivity index (χ0) is 21.7. The van der Waals surface area contributed by atoms with Gasteiger partial charge in [0.2, 0.25) is 10.0 Å². The largest absolute Gasteiger partial charge is 0.468 e. The molecular formula is C24H26N2O4S. The lowest BCUT2D eigenvalue weighted by atomic mass is 9.79. The second-order valence-electron chi connectivity index (χ2n) is 7.96. The SMILES string of the molecule is O=C(NCC1(c2ccccc2)CCCC1)c1ccc(S(=O)(=O)NCc2ccco2)cc1. The summed E-state index contributed by atoms with van der Waals surface area (Å²) in [7, 11) is -3.69. The van der Waals surface area contributed by atoms with Gasteiger partial charge in [-0.15, -0.1) is 0 Å². The van der Waals surface area contributed by atoms with Crippen LogP contribution < -0.4 is 10.0 Å². The molecule has 0 atom stereocenters. The van der Waals surface area contributed by atoms with Crippen LogP contribution in [0.1, 0.15) is 47.4 Å². The van der Waals surface area contributed by atoms with Crippen molar-refractivity contribution in [2.24, 2.45) is 0 Å². The predicted octanol–water partition coefficient (Wildman–Crippen LogP) is 4.00. The third kappa shape index (κ3) is 4.89. The summed E-state index contributed by atoms with van der Waals surface area (Å²) in [4.78, 5) is 12.8. The summed E-state index contributed by atoms with van der Waals surface area (Å²) < 4.78 is 32.5. The van der Waals surface area contributed by atoms with Crippen LogP contribution in [0.5, 0.6) is 0 Å². The minimum absolute atomic E-state index is 0.0318. The van der Waals surface area contributed by atoms with Gasteiger partial charge in [0.1, 0.15) is 5.76 Å². The monoisotopic (exact) mass is 438 g/mol. The number of carbonyl (C=O) groups is 1. The van der Waals surface area contributed by atoms with Crippen molar-refractivity contribution in [3.63, 3.8) is 0 Å². The predicted molar refractivity (Wildman–Crippen MR) is 118 cm³/mol. The molecule has 1 fully saturated rings. The fourth-order valence-corrected chi connectivity index (χ4v) is 5.20. The highest BCUT2D eigenvalue weighted by atomic mass is 32.2. The molecular weight excluding hydrogens is 412 g/mol. The van der Waals surface area contributed by atoms with Gasteiger partial charge in [0.15, 0.2) is 0 Å². The van der Waals surface area contributed by atoms with E-state index in [-0.39, 0.29) is 22.8 Å². The first kappa shape index (κ1) is 21.3. The summed E-state index contributed by atoms with van der Waals surface area (Å²) in [6.45, 7) is 0.639. The van der Waals surface area contributed by atoms with Crippen molar-refractivity contribution < 1.29 is 17.6 Å². The molecule has 162 valence electrons. The topological polar surface area (TPSA) is 88.4 Å². The van der Waals surface area contributed by atoms with Gasteiger partial charge < -0.3 is 9.73 Å². The Hall–Kier alpha value is -2.90. The van der Waals surface area contributed by atoms with Crippen LogP contribution in [0.25, 0.3) is 0 Å². The summed E-state index contributed by atoms with van der Waals surface area (Å²) in [5, 5.41) is 3.07. The van der Waals surface area contributed by atoms with Crippen LogP contribution in [0.3, 0.4) is 0 Å². The average Bonchev–Trinajstić information content (AvgIpc) is 3.50. The van der Waals surface area contributed by atoms with Crippen molar-refractivity contribution in [3.8, 4) is 0 Å². The van der Waals surface area contributed by atoms with E-state index in [4.69, 9.17) is 4.42 Å². The number of benzene rings is 2. The Balaban J connectivity index is 1.40. The van der Waals surface area contributed by atoms with Crippen molar-refractivity contribution in [3.05, 3.63) is 89.9 Å². The number of furan rings is 1.